The molecule has 0 saturated heterocycles. The van der Waals surface area contributed by atoms with Crippen molar-refractivity contribution in [1.29, 1.82) is 0 Å². The fraction of sp³-hybridized carbons (Fsp3) is 0.889. The summed E-state index contributed by atoms with van der Waals surface area (Å²) < 4.78 is 23.1. The number of aliphatic hydroxyl groups is 1. The molecule has 0 aromatic carbocycles. The molecular formula is C45H89N2O6P. The number of carbonyl (C=O) groups excluding carboxylic acids is 1. The molecule has 0 aromatic heterocycles. The molecule has 0 aromatic rings. The highest BCUT2D eigenvalue weighted by Crippen LogP contribution is 2.38. The number of nitrogens with zero attached hydrogens (tertiary/aromatic N) is 1. The molecule has 0 spiro atoms. The molecule has 1 amide bonds. The van der Waals surface area contributed by atoms with Crippen LogP contribution in [0.2, 0.25) is 0 Å². The average molecular weight is 785 g/mol. The highest BCUT2D eigenvalue weighted by atomic mass is 31.2. The minimum Gasteiger partial charge on any atom is -0.756 e. The molecule has 0 aliphatic heterocycles. The monoisotopic (exact) mass is 785 g/mol. The lowest BCUT2D eigenvalue weighted by Gasteiger charge is -2.29. The lowest BCUT2D eigenvalue weighted by atomic mass is 10.0. The van der Waals surface area contributed by atoms with Crippen molar-refractivity contribution < 1.29 is 32.9 Å². The summed E-state index contributed by atoms with van der Waals surface area (Å²) in [4.78, 5) is 25.2. The quantitative estimate of drug-likeness (QED) is 0.0277. The molecular weight excluding hydrogens is 695 g/mol. The van der Waals surface area contributed by atoms with Crippen LogP contribution in [0.5, 0.6) is 0 Å². The van der Waals surface area contributed by atoms with Gasteiger partial charge in [-0.3, -0.25) is 9.36 Å². The minimum absolute atomic E-state index is 0.00470. The van der Waals surface area contributed by atoms with Crippen molar-refractivity contribution in [2.75, 3.05) is 40.9 Å². The summed E-state index contributed by atoms with van der Waals surface area (Å²) in [5.41, 5.74) is 0. The number of nitrogens with one attached hydrogen (secondary N) is 1. The molecule has 3 unspecified atom stereocenters. The van der Waals surface area contributed by atoms with Gasteiger partial charge in [0.1, 0.15) is 13.2 Å². The van der Waals surface area contributed by atoms with E-state index in [1.54, 1.807) is 6.08 Å². The first-order chi connectivity index (χ1) is 26.0. The predicted octanol–water partition coefficient (Wildman–Crippen LogP) is 11.9. The molecule has 0 radical (unpaired) electrons. The van der Waals surface area contributed by atoms with Crippen LogP contribution in [0.25, 0.3) is 0 Å². The molecule has 54 heavy (non-hydrogen) atoms. The Morgan fingerprint density at radius 3 is 1.50 bits per heavy atom. The molecule has 0 aliphatic carbocycles. The zero-order chi connectivity index (χ0) is 40.0. The Morgan fingerprint density at radius 1 is 0.630 bits per heavy atom. The van der Waals surface area contributed by atoms with Gasteiger partial charge in [0.15, 0.2) is 0 Å². The fourth-order valence-corrected chi connectivity index (χ4v) is 7.24. The number of hydrogen-bond acceptors (Lipinski definition) is 6. The summed E-state index contributed by atoms with van der Waals surface area (Å²) in [6, 6.07) is -0.896. The smallest absolute Gasteiger partial charge is 0.268 e. The molecule has 0 saturated carbocycles. The largest absolute Gasteiger partial charge is 0.756 e. The van der Waals surface area contributed by atoms with Crippen LogP contribution in [0.4, 0.5) is 0 Å². The molecule has 8 nitrogen and oxygen atoms in total. The second-order valence-corrected chi connectivity index (χ2v) is 18.2. The Balaban J connectivity index is 4.17. The number of carbonyl (C=O) groups is 1. The highest BCUT2D eigenvalue weighted by molar-refractivity contribution is 7.45. The maximum Gasteiger partial charge on any atom is 0.268 e. The number of unbranched alkanes of at least 4 members (excludes halogenated alkanes) is 26. The number of rotatable bonds is 41. The SMILES string of the molecule is CCCCC/C=C/CC/C=C/C(O)C(COP(=O)([O-])OCC[N+](C)(C)C)NC(=O)CCCCCCCCCCCCCCCCCCCCCCCCC. The summed E-state index contributed by atoms with van der Waals surface area (Å²) in [6.07, 6.45) is 43.9. The maximum absolute atomic E-state index is 12.8. The maximum atomic E-state index is 12.8. The topological polar surface area (TPSA) is 108 Å². The first-order valence-corrected chi connectivity index (χ1v) is 24.2. The van der Waals surface area contributed by atoms with Crippen LogP contribution < -0.4 is 10.2 Å². The molecule has 320 valence electrons. The summed E-state index contributed by atoms with van der Waals surface area (Å²) in [5.74, 6) is -0.207. The molecule has 2 N–H and O–H groups in total. The number of allylic oxidation sites excluding steroid dienone is 3. The number of likely N-dealkylation sites (N-methyl/N-ethyl adjacent to an activating group) is 1. The van der Waals surface area contributed by atoms with Crippen LogP contribution in [-0.2, 0) is 18.4 Å². The van der Waals surface area contributed by atoms with E-state index in [1.165, 1.54) is 148 Å². The number of amides is 1. The number of quaternary nitrogens is 1. The van der Waals surface area contributed by atoms with Gasteiger partial charge in [-0.15, -0.1) is 0 Å². The Kier molecular flexibility index (Phi) is 36.8. The van der Waals surface area contributed by atoms with Crippen LogP contribution in [0.1, 0.15) is 206 Å². The van der Waals surface area contributed by atoms with Gasteiger partial charge < -0.3 is 28.8 Å². The van der Waals surface area contributed by atoms with Gasteiger partial charge in [-0.2, -0.15) is 0 Å². The van der Waals surface area contributed by atoms with Gasteiger partial charge in [-0.25, -0.2) is 0 Å². The number of phosphoric ester groups is 1. The Hall–Kier alpha value is -1.02. The van der Waals surface area contributed by atoms with Gasteiger partial charge in [0, 0.05) is 6.42 Å². The van der Waals surface area contributed by atoms with Gasteiger partial charge >= 0.3 is 0 Å². The third-order valence-corrected chi connectivity index (χ3v) is 11.1. The van der Waals surface area contributed by atoms with Gasteiger partial charge in [0.2, 0.25) is 5.91 Å². The van der Waals surface area contributed by atoms with Crippen molar-refractivity contribution in [3.63, 3.8) is 0 Å². The average Bonchev–Trinajstić information content (AvgIpc) is 3.12. The molecule has 0 aliphatic rings. The van der Waals surface area contributed by atoms with Crippen molar-refractivity contribution in [3.05, 3.63) is 24.3 Å². The second-order valence-electron chi connectivity index (χ2n) is 16.8. The van der Waals surface area contributed by atoms with Crippen molar-refractivity contribution >= 4 is 13.7 Å². The predicted molar refractivity (Wildman–Crippen MR) is 228 cm³/mol. The number of hydrogen-bond donors (Lipinski definition) is 2. The van der Waals surface area contributed by atoms with Gasteiger partial charge in [0.05, 0.1) is 39.9 Å². The van der Waals surface area contributed by atoms with E-state index in [9.17, 15) is 19.4 Å². The van der Waals surface area contributed by atoms with Crippen molar-refractivity contribution in [1.82, 2.24) is 5.32 Å². The summed E-state index contributed by atoms with van der Waals surface area (Å²) in [7, 11) is 1.25. The van der Waals surface area contributed by atoms with Crippen molar-refractivity contribution in [2.24, 2.45) is 0 Å². The van der Waals surface area contributed by atoms with Crippen LogP contribution in [0, 0.1) is 0 Å². The van der Waals surface area contributed by atoms with E-state index in [2.05, 4.69) is 31.3 Å². The van der Waals surface area contributed by atoms with Crippen LogP contribution in [0.3, 0.4) is 0 Å². The molecule has 0 fully saturated rings. The second kappa shape index (κ2) is 37.6. The first-order valence-electron chi connectivity index (χ1n) is 22.7. The fourth-order valence-electron chi connectivity index (χ4n) is 6.52. The van der Waals surface area contributed by atoms with Crippen molar-refractivity contribution in [3.8, 4) is 0 Å². The third-order valence-electron chi connectivity index (χ3n) is 10.2. The molecule has 9 heteroatoms. The summed E-state index contributed by atoms with van der Waals surface area (Å²) in [6.45, 7) is 4.58. The van der Waals surface area contributed by atoms with E-state index >= 15 is 0 Å². The summed E-state index contributed by atoms with van der Waals surface area (Å²) in [5, 5.41) is 13.7. The Bertz CT molecular complexity index is 938. The molecule has 0 rings (SSSR count). The number of aliphatic hydroxyl groups excluding tert-OH is 1. The van der Waals surface area contributed by atoms with Crippen molar-refractivity contribution in [2.45, 2.75) is 219 Å². The first kappa shape index (κ1) is 53.0. The highest BCUT2D eigenvalue weighted by Gasteiger charge is 2.23. The lowest BCUT2D eigenvalue weighted by Crippen LogP contribution is -2.45. The van der Waals surface area contributed by atoms with Gasteiger partial charge in [-0.1, -0.05) is 192 Å². The van der Waals surface area contributed by atoms with Gasteiger partial charge in [0.25, 0.3) is 7.82 Å². The Labute approximate surface area is 334 Å². The zero-order valence-corrected chi connectivity index (χ0v) is 37.1. The van der Waals surface area contributed by atoms with E-state index in [4.69, 9.17) is 9.05 Å². The van der Waals surface area contributed by atoms with Crippen LogP contribution >= 0.6 is 7.82 Å². The van der Waals surface area contributed by atoms with E-state index in [0.29, 0.717) is 17.4 Å². The van der Waals surface area contributed by atoms with E-state index in [1.807, 2.05) is 27.2 Å². The van der Waals surface area contributed by atoms with E-state index < -0.39 is 20.0 Å². The zero-order valence-electron chi connectivity index (χ0n) is 36.2. The third kappa shape index (κ3) is 39.2. The van der Waals surface area contributed by atoms with Crippen LogP contribution in [-0.4, -0.2) is 68.5 Å². The van der Waals surface area contributed by atoms with Gasteiger partial charge in [-0.05, 0) is 32.1 Å². The molecule has 0 heterocycles. The van der Waals surface area contributed by atoms with Crippen LogP contribution in [0.15, 0.2) is 24.3 Å². The Morgan fingerprint density at radius 2 is 1.04 bits per heavy atom. The number of phosphoric acid groups is 1. The normalized spacial score (nSPS) is 14.6. The molecule has 0 bridgehead atoms. The summed E-state index contributed by atoms with van der Waals surface area (Å²) >= 11 is 0. The standard InChI is InChI=1S/C45H89N2O6P/c1-6-8-10-12-14-16-17-18-19-20-21-22-23-24-25-26-27-28-29-31-33-35-37-39-45(49)46-43(42-53-54(50,51)52-41-40-47(3,4)5)44(48)38-36-34-32-30-15-13-11-9-7-2/h15,30,36,38,43-44,48H,6-14,16-29,31-35,37,39-42H2,1-5H3,(H-,46,49,50,51)/b30-15+,38-36+. The molecule has 3 atom stereocenters. The van der Waals surface area contributed by atoms with E-state index in [-0.39, 0.29) is 19.1 Å². The minimum atomic E-state index is -4.58. The van der Waals surface area contributed by atoms with E-state index in [0.717, 1.165) is 38.5 Å². The lowest BCUT2D eigenvalue weighted by molar-refractivity contribution is -0.870.